The van der Waals surface area contributed by atoms with Gasteiger partial charge in [0, 0.05) is 18.8 Å². The molecule has 0 saturated heterocycles. The fourth-order valence-electron chi connectivity index (χ4n) is 2.85. The average molecular weight is 403 g/mol. The molecule has 2 N–H and O–H groups in total. The van der Waals surface area contributed by atoms with Gasteiger partial charge in [-0.05, 0) is 37.1 Å². The first-order valence-electron chi connectivity index (χ1n) is 8.57. The highest BCUT2D eigenvalue weighted by molar-refractivity contribution is 7.89. The van der Waals surface area contributed by atoms with Gasteiger partial charge >= 0.3 is 0 Å². The first-order valence-corrected chi connectivity index (χ1v) is 10.0. The first kappa shape index (κ1) is 19.8. The van der Waals surface area contributed by atoms with Crippen LogP contribution in [-0.4, -0.2) is 44.7 Å². The second-order valence-corrected chi connectivity index (χ2v) is 8.59. The van der Waals surface area contributed by atoms with Gasteiger partial charge in [0.05, 0.1) is 17.1 Å². The molecular formula is C19H21N3O5S. The summed E-state index contributed by atoms with van der Waals surface area (Å²) in [4.78, 5) is 23.8. The van der Waals surface area contributed by atoms with Crippen molar-refractivity contribution in [3.63, 3.8) is 0 Å². The van der Waals surface area contributed by atoms with E-state index >= 15 is 0 Å². The minimum Gasteiger partial charge on any atom is -0.482 e. The summed E-state index contributed by atoms with van der Waals surface area (Å²) in [6.07, 6.45) is 0. The van der Waals surface area contributed by atoms with E-state index in [1.54, 1.807) is 25.1 Å². The Labute approximate surface area is 163 Å². The van der Waals surface area contributed by atoms with Crippen molar-refractivity contribution in [1.82, 2.24) is 4.31 Å². The number of hydrogen-bond acceptors (Lipinski definition) is 5. The SMILES string of the molecule is Cc1ccccc1NC(=O)CN(C)S(=O)(=O)c1cc2c(cc1C)NC(=O)CO2. The lowest BCUT2D eigenvalue weighted by atomic mass is 10.2. The number of aryl methyl sites for hydroxylation is 2. The molecular weight excluding hydrogens is 382 g/mol. The number of fused-ring (bicyclic) bond motifs is 1. The zero-order valence-corrected chi connectivity index (χ0v) is 16.6. The highest BCUT2D eigenvalue weighted by Crippen LogP contribution is 2.33. The van der Waals surface area contributed by atoms with Crippen molar-refractivity contribution in [2.45, 2.75) is 18.7 Å². The topological polar surface area (TPSA) is 105 Å². The Bertz CT molecular complexity index is 1050. The number of para-hydroxylation sites is 1. The van der Waals surface area contributed by atoms with E-state index in [1.807, 2.05) is 19.1 Å². The fourth-order valence-corrected chi connectivity index (χ4v) is 4.20. The van der Waals surface area contributed by atoms with Crippen LogP contribution in [0.2, 0.25) is 0 Å². The zero-order chi connectivity index (χ0) is 20.5. The molecule has 0 aliphatic carbocycles. The molecule has 2 aromatic rings. The lowest BCUT2D eigenvalue weighted by Crippen LogP contribution is -2.35. The van der Waals surface area contributed by atoms with Crippen LogP contribution in [0.5, 0.6) is 5.75 Å². The third-order valence-corrected chi connectivity index (χ3v) is 6.33. The van der Waals surface area contributed by atoms with Crippen molar-refractivity contribution in [2.75, 3.05) is 30.8 Å². The predicted molar refractivity (Wildman–Crippen MR) is 105 cm³/mol. The number of nitrogens with zero attached hydrogens (tertiary/aromatic N) is 1. The van der Waals surface area contributed by atoms with Crippen molar-refractivity contribution < 1.29 is 22.7 Å². The Morgan fingerprint density at radius 1 is 1.21 bits per heavy atom. The summed E-state index contributed by atoms with van der Waals surface area (Å²) >= 11 is 0. The third kappa shape index (κ3) is 4.00. The van der Waals surface area contributed by atoms with Crippen molar-refractivity contribution in [2.24, 2.45) is 0 Å². The Morgan fingerprint density at radius 3 is 2.64 bits per heavy atom. The van der Waals surface area contributed by atoms with Crippen LogP contribution in [0.4, 0.5) is 11.4 Å². The van der Waals surface area contributed by atoms with Crippen molar-refractivity contribution in [3.05, 3.63) is 47.5 Å². The molecule has 9 heteroatoms. The molecule has 3 rings (SSSR count). The molecule has 0 bridgehead atoms. The van der Waals surface area contributed by atoms with Crippen LogP contribution in [0.25, 0.3) is 0 Å². The second kappa shape index (κ2) is 7.61. The van der Waals surface area contributed by atoms with E-state index in [-0.39, 0.29) is 29.7 Å². The average Bonchev–Trinajstić information content (AvgIpc) is 2.62. The number of benzene rings is 2. The van der Waals surface area contributed by atoms with Gasteiger partial charge in [0.1, 0.15) is 5.75 Å². The maximum atomic E-state index is 13.0. The molecule has 2 aromatic carbocycles. The third-order valence-electron chi connectivity index (χ3n) is 4.38. The zero-order valence-electron chi connectivity index (χ0n) is 15.8. The molecule has 1 aliphatic heterocycles. The fraction of sp³-hybridized carbons (Fsp3) is 0.263. The molecule has 8 nitrogen and oxygen atoms in total. The Morgan fingerprint density at radius 2 is 1.93 bits per heavy atom. The number of sulfonamides is 1. The summed E-state index contributed by atoms with van der Waals surface area (Å²) in [6.45, 7) is 2.95. The molecule has 0 aromatic heterocycles. The van der Waals surface area contributed by atoms with Gasteiger partial charge in [-0.1, -0.05) is 18.2 Å². The van der Waals surface area contributed by atoms with E-state index in [0.29, 0.717) is 16.9 Å². The molecule has 0 saturated carbocycles. The van der Waals surface area contributed by atoms with Gasteiger partial charge < -0.3 is 15.4 Å². The Kier molecular flexibility index (Phi) is 5.39. The highest BCUT2D eigenvalue weighted by Gasteiger charge is 2.28. The Hall–Kier alpha value is -2.91. The van der Waals surface area contributed by atoms with Gasteiger partial charge in [0.15, 0.2) is 6.61 Å². The molecule has 148 valence electrons. The van der Waals surface area contributed by atoms with E-state index in [0.717, 1.165) is 9.87 Å². The molecule has 0 spiro atoms. The van der Waals surface area contributed by atoms with Crippen LogP contribution in [0.15, 0.2) is 41.3 Å². The normalized spacial score (nSPS) is 13.5. The standard InChI is InChI=1S/C19H21N3O5S/c1-12-6-4-5-7-14(12)20-18(23)10-22(3)28(25,26)17-9-16-15(8-13(17)2)21-19(24)11-27-16/h4-9H,10-11H2,1-3H3,(H,20,23)(H,21,24). The lowest BCUT2D eigenvalue weighted by Gasteiger charge is -2.22. The van der Waals surface area contributed by atoms with Crippen molar-refractivity contribution in [3.8, 4) is 5.75 Å². The number of amides is 2. The minimum atomic E-state index is -3.93. The van der Waals surface area contributed by atoms with Crippen LogP contribution in [0.3, 0.4) is 0 Å². The molecule has 28 heavy (non-hydrogen) atoms. The maximum absolute atomic E-state index is 13.0. The number of anilines is 2. The second-order valence-electron chi connectivity index (χ2n) is 6.57. The van der Waals surface area contributed by atoms with E-state index in [2.05, 4.69) is 10.6 Å². The molecule has 0 atom stereocenters. The number of nitrogens with one attached hydrogen (secondary N) is 2. The number of carbonyl (C=O) groups excluding carboxylic acids is 2. The summed E-state index contributed by atoms with van der Waals surface area (Å²) in [7, 11) is -2.59. The number of likely N-dealkylation sites (N-methyl/N-ethyl adjacent to an activating group) is 1. The van der Waals surface area contributed by atoms with Gasteiger partial charge in [-0.25, -0.2) is 8.42 Å². The van der Waals surface area contributed by atoms with Gasteiger partial charge in [-0.2, -0.15) is 4.31 Å². The van der Waals surface area contributed by atoms with Crippen LogP contribution in [0.1, 0.15) is 11.1 Å². The van der Waals surface area contributed by atoms with Gasteiger partial charge in [-0.3, -0.25) is 9.59 Å². The summed E-state index contributed by atoms with van der Waals surface area (Å²) in [6, 6.07) is 10.2. The largest absolute Gasteiger partial charge is 0.482 e. The van der Waals surface area contributed by atoms with Crippen LogP contribution >= 0.6 is 0 Å². The smallest absolute Gasteiger partial charge is 0.262 e. The monoisotopic (exact) mass is 403 g/mol. The maximum Gasteiger partial charge on any atom is 0.262 e. The van der Waals surface area contributed by atoms with E-state index in [9.17, 15) is 18.0 Å². The van der Waals surface area contributed by atoms with Crippen LogP contribution < -0.4 is 15.4 Å². The van der Waals surface area contributed by atoms with Gasteiger partial charge in [-0.15, -0.1) is 0 Å². The number of rotatable bonds is 5. The molecule has 2 amide bonds. The van der Waals surface area contributed by atoms with Crippen LogP contribution in [0, 0.1) is 13.8 Å². The number of hydrogen-bond donors (Lipinski definition) is 2. The van der Waals surface area contributed by atoms with Crippen molar-refractivity contribution in [1.29, 1.82) is 0 Å². The van der Waals surface area contributed by atoms with E-state index in [4.69, 9.17) is 4.74 Å². The molecule has 1 heterocycles. The quantitative estimate of drug-likeness (QED) is 0.793. The molecule has 0 unspecified atom stereocenters. The van der Waals surface area contributed by atoms with E-state index in [1.165, 1.54) is 13.1 Å². The minimum absolute atomic E-state index is 0.0218. The summed E-state index contributed by atoms with van der Waals surface area (Å²) < 4.78 is 32.2. The number of ether oxygens (including phenoxy) is 1. The Balaban J connectivity index is 1.79. The van der Waals surface area contributed by atoms with Crippen molar-refractivity contribution >= 4 is 33.2 Å². The molecule has 0 radical (unpaired) electrons. The molecule has 1 aliphatic rings. The van der Waals surface area contributed by atoms with Gasteiger partial charge in [0.2, 0.25) is 15.9 Å². The van der Waals surface area contributed by atoms with E-state index < -0.39 is 15.9 Å². The summed E-state index contributed by atoms with van der Waals surface area (Å²) in [5.41, 5.74) is 2.38. The van der Waals surface area contributed by atoms with Crippen LogP contribution in [-0.2, 0) is 19.6 Å². The highest BCUT2D eigenvalue weighted by atomic mass is 32.2. The predicted octanol–water partition coefficient (Wildman–Crippen LogP) is 1.89. The number of carbonyl (C=O) groups is 2. The summed E-state index contributed by atoms with van der Waals surface area (Å²) in [5, 5.41) is 5.35. The van der Waals surface area contributed by atoms with Gasteiger partial charge in [0.25, 0.3) is 5.91 Å². The molecule has 0 fully saturated rings. The summed E-state index contributed by atoms with van der Waals surface area (Å²) in [5.74, 6) is -0.464. The first-order chi connectivity index (χ1) is 13.2. The lowest BCUT2D eigenvalue weighted by molar-refractivity contribution is -0.118.